The van der Waals surface area contributed by atoms with Crippen LogP contribution >= 0.6 is 0 Å². The van der Waals surface area contributed by atoms with Gasteiger partial charge >= 0.3 is 11.7 Å². The molecule has 104 valence electrons. The summed E-state index contributed by atoms with van der Waals surface area (Å²) in [6.07, 6.45) is 0. The fourth-order valence-electron chi connectivity index (χ4n) is 1.60. The number of ether oxygens (including phenoxy) is 1. The molecule has 0 heterocycles. The monoisotopic (exact) mass is 286 g/mol. The van der Waals surface area contributed by atoms with Gasteiger partial charge in [0.1, 0.15) is 5.82 Å². The standard InChI is InChI=1S/C14H7FN2O4/c15-11-4-5-12(17(19)20)13(7-11)21-14(18)10-3-1-2-9(6-10)8-16/h1-7H. The van der Waals surface area contributed by atoms with Crippen molar-refractivity contribution < 1.29 is 18.8 Å². The molecule has 2 rings (SSSR count). The highest BCUT2D eigenvalue weighted by Gasteiger charge is 2.20. The molecule has 0 aliphatic heterocycles. The normalized spacial score (nSPS) is 9.71. The number of nitro groups is 1. The zero-order chi connectivity index (χ0) is 15.4. The van der Waals surface area contributed by atoms with Gasteiger partial charge in [0.25, 0.3) is 0 Å². The molecule has 0 fully saturated rings. The van der Waals surface area contributed by atoms with E-state index in [0.29, 0.717) is 0 Å². The van der Waals surface area contributed by atoms with Crippen LogP contribution in [-0.4, -0.2) is 10.9 Å². The van der Waals surface area contributed by atoms with Crippen LogP contribution < -0.4 is 4.74 Å². The maximum atomic E-state index is 13.1. The SMILES string of the molecule is N#Cc1cccc(C(=O)Oc2cc(F)ccc2[N+](=O)[O-])c1. The minimum atomic E-state index is -0.916. The smallest absolute Gasteiger partial charge is 0.343 e. The van der Waals surface area contributed by atoms with Gasteiger partial charge in [-0.3, -0.25) is 10.1 Å². The summed E-state index contributed by atoms with van der Waals surface area (Å²) in [5.41, 5.74) is -0.257. The van der Waals surface area contributed by atoms with Gasteiger partial charge in [0, 0.05) is 12.1 Å². The average Bonchev–Trinajstić information content (AvgIpc) is 2.47. The van der Waals surface area contributed by atoms with E-state index in [1.807, 2.05) is 6.07 Å². The van der Waals surface area contributed by atoms with Crippen molar-refractivity contribution in [2.75, 3.05) is 0 Å². The Morgan fingerprint density at radius 1 is 1.29 bits per heavy atom. The van der Waals surface area contributed by atoms with E-state index in [4.69, 9.17) is 10.00 Å². The van der Waals surface area contributed by atoms with Crippen molar-refractivity contribution in [2.24, 2.45) is 0 Å². The molecule has 21 heavy (non-hydrogen) atoms. The quantitative estimate of drug-likeness (QED) is 0.374. The Labute approximate surface area is 118 Å². The number of nitrogens with zero attached hydrogens (tertiary/aromatic N) is 2. The first-order chi connectivity index (χ1) is 10.0. The fourth-order valence-corrected chi connectivity index (χ4v) is 1.60. The first-order valence-electron chi connectivity index (χ1n) is 5.67. The molecule has 0 atom stereocenters. The van der Waals surface area contributed by atoms with Crippen molar-refractivity contribution >= 4 is 11.7 Å². The summed E-state index contributed by atoms with van der Waals surface area (Å²) in [5, 5.41) is 19.5. The van der Waals surface area contributed by atoms with E-state index in [9.17, 15) is 19.3 Å². The van der Waals surface area contributed by atoms with Crippen molar-refractivity contribution in [1.29, 1.82) is 5.26 Å². The van der Waals surface area contributed by atoms with E-state index in [0.717, 1.165) is 18.2 Å². The maximum absolute atomic E-state index is 13.1. The predicted octanol–water partition coefficient (Wildman–Crippen LogP) is 2.82. The molecule has 7 heteroatoms. The number of esters is 1. The number of hydrogen-bond donors (Lipinski definition) is 0. The van der Waals surface area contributed by atoms with Gasteiger partial charge in [-0.2, -0.15) is 5.26 Å². The molecule has 2 aromatic rings. The van der Waals surface area contributed by atoms with Crippen LogP contribution in [0.5, 0.6) is 5.75 Å². The molecule has 0 spiro atoms. The number of hydrogen-bond acceptors (Lipinski definition) is 5. The molecule has 0 radical (unpaired) electrons. The Morgan fingerprint density at radius 3 is 2.71 bits per heavy atom. The third kappa shape index (κ3) is 3.19. The largest absolute Gasteiger partial charge is 0.415 e. The average molecular weight is 286 g/mol. The topological polar surface area (TPSA) is 93.2 Å². The van der Waals surface area contributed by atoms with Crippen LogP contribution in [0.4, 0.5) is 10.1 Å². The van der Waals surface area contributed by atoms with E-state index in [2.05, 4.69) is 0 Å². The number of halogens is 1. The maximum Gasteiger partial charge on any atom is 0.343 e. The van der Waals surface area contributed by atoms with Crippen molar-refractivity contribution in [3.05, 3.63) is 69.5 Å². The van der Waals surface area contributed by atoms with Gasteiger partial charge in [0.15, 0.2) is 0 Å². The van der Waals surface area contributed by atoms with Gasteiger partial charge < -0.3 is 4.74 Å². The third-order valence-corrected chi connectivity index (χ3v) is 2.55. The molecular weight excluding hydrogens is 279 g/mol. The summed E-state index contributed by atoms with van der Waals surface area (Å²) in [5.74, 6) is -2.18. The molecule has 0 aliphatic carbocycles. The lowest BCUT2D eigenvalue weighted by atomic mass is 10.1. The van der Waals surface area contributed by atoms with Crippen molar-refractivity contribution in [3.8, 4) is 11.8 Å². The third-order valence-electron chi connectivity index (χ3n) is 2.55. The minimum Gasteiger partial charge on any atom is -0.415 e. The van der Waals surface area contributed by atoms with E-state index in [-0.39, 0.29) is 11.1 Å². The van der Waals surface area contributed by atoms with Gasteiger partial charge in [-0.1, -0.05) is 6.07 Å². The van der Waals surface area contributed by atoms with Crippen LogP contribution in [0.1, 0.15) is 15.9 Å². The van der Waals surface area contributed by atoms with Crippen molar-refractivity contribution in [2.45, 2.75) is 0 Å². The summed E-state index contributed by atoms with van der Waals surface area (Å²) in [6, 6.07) is 10.0. The van der Waals surface area contributed by atoms with Gasteiger partial charge in [-0.15, -0.1) is 0 Å². The highest BCUT2D eigenvalue weighted by atomic mass is 19.1. The van der Waals surface area contributed by atoms with Crippen LogP contribution in [0.15, 0.2) is 42.5 Å². The van der Waals surface area contributed by atoms with E-state index in [1.165, 1.54) is 24.3 Å². The van der Waals surface area contributed by atoms with Crippen LogP contribution in [0, 0.1) is 27.3 Å². The lowest BCUT2D eigenvalue weighted by molar-refractivity contribution is -0.385. The second-order valence-corrected chi connectivity index (χ2v) is 3.95. The highest BCUT2D eigenvalue weighted by molar-refractivity contribution is 5.91. The molecule has 0 saturated carbocycles. The van der Waals surface area contributed by atoms with Crippen LogP contribution in [0.3, 0.4) is 0 Å². The molecule has 0 bridgehead atoms. The first-order valence-corrected chi connectivity index (χ1v) is 5.67. The molecule has 6 nitrogen and oxygen atoms in total. The second kappa shape index (κ2) is 5.79. The number of benzene rings is 2. The predicted molar refractivity (Wildman–Crippen MR) is 69.2 cm³/mol. The lowest BCUT2D eigenvalue weighted by Crippen LogP contribution is -2.10. The van der Waals surface area contributed by atoms with Crippen molar-refractivity contribution in [1.82, 2.24) is 0 Å². The first kappa shape index (κ1) is 14.1. The van der Waals surface area contributed by atoms with Crippen LogP contribution in [0.25, 0.3) is 0 Å². The van der Waals surface area contributed by atoms with E-state index >= 15 is 0 Å². The van der Waals surface area contributed by atoms with Crippen LogP contribution in [-0.2, 0) is 0 Å². The van der Waals surface area contributed by atoms with Gasteiger partial charge in [-0.05, 0) is 24.3 Å². The molecule has 0 aromatic heterocycles. The Bertz CT molecular complexity index is 768. The summed E-state index contributed by atoms with van der Waals surface area (Å²) < 4.78 is 18.0. The second-order valence-electron chi connectivity index (χ2n) is 3.95. The Morgan fingerprint density at radius 2 is 2.05 bits per heavy atom. The molecule has 0 N–H and O–H groups in total. The summed E-state index contributed by atoms with van der Waals surface area (Å²) in [4.78, 5) is 21.9. The van der Waals surface area contributed by atoms with Crippen LogP contribution in [0.2, 0.25) is 0 Å². The molecule has 0 aliphatic rings. The number of carbonyl (C=O) groups is 1. The van der Waals surface area contributed by atoms with Gasteiger partial charge in [-0.25, -0.2) is 9.18 Å². The summed E-state index contributed by atoms with van der Waals surface area (Å²) in [7, 11) is 0. The Balaban J connectivity index is 2.33. The summed E-state index contributed by atoms with van der Waals surface area (Å²) in [6.45, 7) is 0. The van der Waals surface area contributed by atoms with E-state index in [1.54, 1.807) is 0 Å². The Kier molecular flexibility index (Phi) is 3.90. The highest BCUT2D eigenvalue weighted by Crippen LogP contribution is 2.28. The lowest BCUT2D eigenvalue weighted by Gasteiger charge is -2.05. The number of nitro benzene ring substituents is 1. The summed E-state index contributed by atoms with van der Waals surface area (Å²) >= 11 is 0. The van der Waals surface area contributed by atoms with Gasteiger partial charge in [0.05, 0.1) is 22.1 Å². The van der Waals surface area contributed by atoms with Crippen molar-refractivity contribution in [3.63, 3.8) is 0 Å². The molecule has 0 unspecified atom stereocenters. The molecular formula is C14H7FN2O4. The zero-order valence-electron chi connectivity index (χ0n) is 10.4. The number of nitriles is 1. The molecule has 0 amide bonds. The van der Waals surface area contributed by atoms with E-state index < -0.39 is 28.1 Å². The zero-order valence-corrected chi connectivity index (χ0v) is 10.4. The Hall–Kier alpha value is -3.27. The molecule has 0 saturated heterocycles. The number of rotatable bonds is 3. The number of carbonyl (C=O) groups excluding carboxylic acids is 1. The van der Waals surface area contributed by atoms with Gasteiger partial charge in [0.2, 0.25) is 5.75 Å². The fraction of sp³-hybridized carbons (Fsp3) is 0. The molecule has 2 aromatic carbocycles. The minimum absolute atomic E-state index is 0.0348.